The first kappa shape index (κ1) is 22.7. The van der Waals surface area contributed by atoms with Gasteiger partial charge in [0.2, 0.25) is 11.8 Å². The van der Waals surface area contributed by atoms with Crippen molar-refractivity contribution in [3.63, 3.8) is 0 Å². The number of hydrogen-bond acceptors (Lipinski definition) is 5. The van der Waals surface area contributed by atoms with Crippen LogP contribution in [0.15, 0.2) is 66.0 Å². The minimum atomic E-state index is -0.108. The predicted octanol–water partition coefficient (Wildman–Crippen LogP) is 4.59. The molecule has 7 nitrogen and oxygen atoms in total. The molecule has 1 N–H and O–H groups in total. The number of thioether (sulfide) groups is 1. The van der Waals surface area contributed by atoms with Gasteiger partial charge in [-0.15, -0.1) is 0 Å². The van der Waals surface area contributed by atoms with E-state index in [0.717, 1.165) is 61.1 Å². The Balaban J connectivity index is 1.27. The summed E-state index contributed by atoms with van der Waals surface area (Å²) in [5.41, 5.74) is 3.64. The van der Waals surface area contributed by atoms with Crippen LogP contribution in [0.4, 0.5) is 11.4 Å². The second kappa shape index (κ2) is 10.4. The predicted molar refractivity (Wildman–Crippen MR) is 134 cm³/mol. The van der Waals surface area contributed by atoms with E-state index >= 15 is 0 Å². The molecule has 1 atom stereocenters. The molecule has 0 spiro atoms. The van der Waals surface area contributed by atoms with Crippen molar-refractivity contribution < 1.29 is 14.3 Å². The summed E-state index contributed by atoms with van der Waals surface area (Å²) in [5.74, 6) is 0.262. The quantitative estimate of drug-likeness (QED) is 0.482. The molecule has 0 saturated carbocycles. The first-order valence-corrected chi connectivity index (χ1v) is 12.7. The van der Waals surface area contributed by atoms with Crippen molar-refractivity contribution in [1.29, 1.82) is 0 Å². The monoisotopic (exact) mass is 476 g/mol. The van der Waals surface area contributed by atoms with E-state index < -0.39 is 0 Å². The number of benzene rings is 2. The Morgan fingerprint density at radius 2 is 2.03 bits per heavy atom. The number of imidazole rings is 1. The van der Waals surface area contributed by atoms with Crippen LogP contribution in [0.2, 0.25) is 0 Å². The van der Waals surface area contributed by atoms with Crippen LogP contribution in [0.1, 0.15) is 25.7 Å². The third kappa shape index (κ3) is 5.18. The number of hydrogen-bond donors (Lipinski definition) is 1. The lowest BCUT2D eigenvalue weighted by molar-refractivity contribution is -0.117. The van der Waals surface area contributed by atoms with Crippen LogP contribution >= 0.6 is 11.8 Å². The lowest BCUT2D eigenvalue weighted by Crippen LogP contribution is -2.24. The summed E-state index contributed by atoms with van der Waals surface area (Å²) < 4.78 is 8.04. The van der Waals surface area contributed by atoms with Crippen LogP contribution < -0.4 is 10.2 Å². The van der Waals surface area contributed by atoms with Gasteiger partial charge in [-0.3, -0.25) is 9.59 Å². The molecule has 176 valence electrons. The van der Waals surface area contributed by atoms with Gasteiger partial charge in [-0.05, 0) is 43.0 Å². The maximum absolute atomic E-state index is 12.7. The molecule has 2 amide bonds. The Morgan fingerprint density at radius 1 is 1.15 bits per heavy atom. The maximum Gasteiger partial charge on any atom is 0.234 e. The smallest absolute Gasteiger partial charge is 0.234 e. The first-order chi connectivity index (χ1) is 16.7. The summed E-state index contributed by atoms with van der Waals surface area (Å²) >= 11 is 1.42. The average Bonchev–Trinajstić information content (AvgIpc) is 3.61. The molecule has 3 aromatic rings. The molecule has 34 heavy (non-hydrogen) atoms. The number of rotatable bonds is 8. The van der Waals surface area contributed by atoms with Gasteiger partial charge >= 0.3 is 0 Å². The van der Waals surface area contributed by atoms with Crippen molar-refractivity contribution in [2.75, 3.05) is 29.1 Å². The van der Waals surface area contributed by atoms with Gasteiger partial charge in [0, 0.05) is 30.9 Å². The number of carbonyl (C=O) groups is 2. The number of aromatic nitrogens is 2. The van der Waals surface area contributed by atoms with Crippen LogP contribution in [0, 0.1) is 0 Å². The summed E-state index contributed by atoms with van der Waals surface area (Å²) in [4.78, 5) is 31.2. The molecule has 2 aliphatic rings. The van der Waals surface area contributed by atoms with Gasteiger partial charge in [0.25, 0.3) is 0 Å². The van der Waals surface area contributed by atoms with E-state index in [-0.39, 0.29) is 23.7 Å². The largest absolute Gasteiger partial charge is 0.376 e. The third-order valence-electron chi connectivity index (χ3n) is 6.15. The minimum absolute atomic E-state index is 0.108. The lowest BCUT2D eigenvalue weighted by Gasteiger charge is -2.17. The molecule has 8 heteroatoms. The average molecular weight is 477 g/mol. The summed E-state index contributed by atoms with van der Waals surface area (Å²) in [6.07, 6.45) is 5.61. The first-order valence-electron chi connectivity index (χ1n) is 11.7. The lowest BCUT2D eigenvalue weighted by atomic mass is 10.1. The van der Waals surface area contributed by atoms with Crippen molar-refractivity contribution in [2.24, 2.45) is 0 Å². The fraction of sp³-hybridized carbons (Fsp3) is 0.346. The van der Waals surface area contributed by atoms with Crippen LogP contribution in [0.25, 0.3) is 11.3 Å². The van der Waals surface area contributed by atoms with E-state index in [1.54, 1.807) is 4.90 Å². The summed E-state index contributed by atoms with van der Waals surface area (Å²) in [5, 5.41) is 3.77. The van der Waals surface area contributed by atoms with Gasteiger partial charge in [-0.25, -0.2) is 4.98 Å². The zero-order valence-corrected chi connectivity index (χ0v) is 19.8. The topological polar surface area (TPSA) is 76.5 Å². The molecule has 2 aromatic carbocycles. The minimum Gasteiger partial charge on any atom is -0.376 e. The SMILES string of the molecule is O=C(CSc1ncc(-c2ccccc2)n1CC1CCCO1)Nc1cccc(N2CCCC2=O)c1. The zero-order chi connectivity index (χ0) is 23.3. The van der Waals surface area contributed by atoms with Crippen LogP contribution in [-0.4, -0.2) is 46.4 Å². The van der Waals surface area contributed by atoms with Gasteiger partial charge in [-0.2, -0.15) is 0 Å². The molecule has 0 aliphatic carbocycles. The van der Waals surface area contributed by atoms with Gasteiger partial charge in [-0.1, -0.05) is 48.2 Å². The Hall–Kier alpha value is -3.10. The molecular weight excluding hydrogens is 448 g/mol. The van der Waals surface area contributed by atoms with E-state index in [9.17, 15) is 9.59 Å². The highest BCUT2D eigenvalue weighted by Gasteiger charge is 2.23. The van der Waals surface area contributed by atoms with Crippen molar-refractivity contribution >= 4 is 35.0 Å². The number of carbonyl (C=O) groups excluding carboxylic acids is 2. The number of ether oxygens (including phenoxy) is 1. The van der Waals surface area contributed by atoms with E-state index in [2.05, 4.69) is 27.0 Å². The molecule has 0 bridgehead atoms. The number of nitrogens with one attached hydrogen (secondary N) is 1. The zero-order valence-electron chi connectivity index (χ0n) is 19.0. The van der Waals surface area contributed by atoms with Crippen LogP contribution in [0.5, 0.6) is 0 Å². The summed E-state index contributed by atoms with van der Waals surface area (Å²) in [6, 6.07) is 17.6. The molecule has 2 fully saturated rings. The highest BCUT2D eigenvalue weighted by atomic mass is 32.2. The molecular formula is C26H28N4O3S. The van der Waals surface area contributed by atoms with E-state index in [4.69, 9.17) is 4.74 Å². The van der Waals surface area contributed by atoms with Crippen molar-refractivity contribution in [3.8, 4) is 11.3 Å². The molecule has 1 aromatic heterocycles. The number of amides is 2. The van der Waals surface area contributed by atoms with Crippen molar-refractivity contribution in [3.05, 3.63) is 60.8 Å². The van der Waals surface area contributed by atoms with Gasteiger partial charge in [0.05, 0.1) is 30.3 Å². The molecule has 2 saturated heterocycles. The number of nitrogens with zero attached hydrogens (tertiary/aromatic N) is 3. The second-order valence-electron chi connectivity index (χ2n) is 8.57. The van der Waals surface area contributed by atoms with Gasteiger partial charge in [0.15, 0.2) is 5.16 Å². The molecule has 1 unspecified atom stereocenters. The van der Waals surface area contributed by atoms with Crippen LogP contribution in [-0.2, 0) is 20.9 Å². The van der Waals surface area contributed by atoms with E-state index in [0.29, 0.717) is 12.1 Å². The molecule has 0 radical (unpaired) electrons. The molecule has 2 aliphatic heterocycles. The highest BCUT2D eigenvalue weighted by molar-refractivity contribution is 7.99. The van der Waals surface area contributed by atoms with E-state index in [1.165, 1.54) is 11.8 Å². The number of anilines is 2. The standard InChI is InChI=1S/C26H28N4O3S/c31-24(28-20-9-4-10-21(15-20)29-13-5-12-25(29)32)18-34-26-27-16-23(19-7-2-1-3-8-19)30(26)17-22-11-6-14-33-22/h1-4,7-10,15-16,22H,5-6,11-14,17-18H2,(H,28,31). The van der Waals surface area contributed by atoms with E-state index in [1.807, 2.05) is 48.7 Å². The van der Waals surface area contributed by atoms with Crippen LogP contribution in [0.3, 0.4) is 0 Å². The Labute approximate surface area is 203 Å². The fourth-order valence-corrected chi connectivity index (χ4v) is 5.27. The molecule has 5 rings (SSSR count). The fourth-order valence-electron chi connectivity index (χ4n) is 4.48. The molecule has 3 heterocycles. The van der Waals surface area contributed by atoms with Crippen molar-refractivity contribution in [1.82, 2.24) is 9.55 Å². The Morgan fingerprint density at radius 3 is 2.79 bits per heavy atom. The second-order valence-corrected chi connectivity index (χ2v) is 9.52. The summed E-state index contributed by atoms with van der Waals surface area (Å²) in [6.45, 7) is 2.25. The van der Waals surface area contributed by atoms with Crippen molar-refractivity contribution in [2.45, 2.75) is 43.5 Å². The Bertz CT molecular complexity index is 1160. The summed E-state index contributed by atoms with van der Waals surface area (Å²) in [7, 11) is 0. The third-order valence-corrected chi connectivity index (χ3v) is 7.14. The normalized spacial score (nSPS) is 17.9. The Kier molecular flexibility index (Phi) is 6.97. The highest BCUT2D eigenvalue weighted by Crippen LogP contribution is 2.29. The van der Waals surface area contributed by atoms with Gasteiger partial charge < -0.3 is 19.5 Å². The van der Waals surface area contributed by atoms with Gasteiger partial charge in [0.1, 0.15) is 0 Å². The maximum atomic E-state index is 12.7.